The predicted molar refractivity (Wildman–Crippen MR) is 150 cm³/mol. The van der Waals surface area contributed by atoms with E-state index < -0.39 is 0 Å². The molecule has 0 radical (unpaired) electrons. The maximum Gasteiger partial charge on any atom is 0.238 e. The van der Waals surface area contributed by atoms with Crippen molar-refractivity contribution in [3.05, 3.63) is 76.5 Å². The Morgan fingerprint density at radius 1 is 1.14 bits per heavy atom. The molecule has 0 bridgehead atoms. The van der Waals surface area contributed by atoms with Crippen molar-refractivity contribution in [2.75, 3.05) is 52.6 Å². The minimum atomic E-state index is -0.156. The number of hydrogen-bond donors (Lipinski definition) is 3. The minimum Gasteiger partial charge on any atom is -0.508 e. The molecule has 0 aliphatic carbocycles. The second kappa shape index (κ2) is 12.6. The molecule has 1 amide bonds. The van der Waals surface area contributed by atoms with E-state index in [4.69, 9.17) is 4.74 Å². The summed E-state index contributed by atoms with van der Waals surface area (Å²) in [7, 11) is 6.11. The number of para-hydroxylation sites is 2. The van der Waals surface area contributed by atoms with Crippen molar-refractivity contribution in [1.82, 2.24) is 15.1 Å². The quantitative estimate of drug-likeness (QED) is 0.340. The molecular weight excluding hydrogens is 484 g/mol. The van der Waals surface area contributed by atoms with E-state index >= 15 is 0 Å². The standard InChI is InChI=1S/C29H38N4O3S/c1-30-16-13-26(27-12-7-19-37-27)36-25-11-5-4-10-24(25)31-28(35)21-33-17-14-29(15-18-33,32(2)3)22-8-6-9-23(34)20-22/h4-12,19-20,26,30,34H,13-18,21H2,1-3H3,(H,31,35)/t26-/m1/s1. The first-order chi connectivity index (χ1) is 17.9. The highest BCUT2D eigenvalue weighted by atomic mass is 32.1. The maximum absolute atomic E-state index is 13.1. The zero-order chi connectivity index (χ0) is 26.3. The average Bonchev–Trinajstić information content (AvgIpc) is 3.43. The monoisotopic (exact) mass is 522 g/mol. The van der Waals surface area contributed by atoms with Gasteiger partial charge in [-0.25, -0.2) is 0 Å². The van der Waals surface area contributed by atoms with Crippen LogP contribution in [0.15, 0.2) is 66.0 Å². The van der Waals surface area contributed by atoms with Crippen LogP contribution in [0.25, 0.3) is 0 Å². The highest BCUT2D eigenvalue weighted by molar-refractivity contribution is 7.10. The van der Waals surface area contributed by atoms with E-state index in [1.54, 1.807) is 17.4 Å². The number of benzene rings is 2. The van der Waals surface area contributed by atoms with Gasteiger partial charge in [0.2, 0.25) is 5.91 Å². The summed E-state index contributed by atoms with van der Waals surface area (Å²) in [6, 6.07) is 19.3. The van der Waals surface area contributed by atoms with Gasteiger partial charge in [0, 0.05) is 29.9 Å². The number of phenolic OH excluding ortho intramolecular Hbond substituents is 1. The molecule has 1 aliphatic heterocycles. The van der Waals surface area contributed by atoms with Crippen molar-refractivity contribution in [1.29, 1.82) is 0 Å². The summed E-state index contributed by atoms with van der Waals surface area (Å²) >= 11 is 1.68. The number of likely N-dealkylation sites (tertiary alicyclic amines) is 1. The number of nitrogens with one attached hydrogen (secondary N) is 2. The van der Waals surface area contributed by atoms with Gasteiger partial charge in [-0.3, -0.25) is 14.6 Å². The van der Waals surface area contributed by atoms with Crippen LogP contribution in [0.3, 0.4) is 0 Å². The van der Waals surface area contributed by atoms with Crippen LogP contribution in [-0.2, 0) is 10.3 Å². The summed E-state index contributed by atoms with van der Waals surface area (Å²) in [6.07, 6.45) is 2.51. The van der Waals surface area contributed by atoms with Gasteiger partial charge in [0.15, 0.2) is 0 Å². The third-order valence-corrected chi connectivity index (χ3v) is 8.20. The largest absolute Gasteiger partial charge is 0.508 e. The molecule has 37 heavy (non-hydrogen) atoms. The molecule has 1 aliphatic rings. The average molecular weight is 523 g/mol. The molecule has 7 nitrogen and oxygen atoms in total. The van der Waals surface area contributed by atoms with Crippen LogP contribution < -0.4 is 15.4 Å². The van der Waals surface area contributed by atoms with E-state index in [0.717, 1.165) is 44.5 Å². The number of ether oxygens (including phenoxy) is 1. The molecule has 8 heteroatoms. The first-order valence-corrected chi connectivity index (χ1v) is 13.7. The third-order valence-electron chi connectivity index (χ3n) is 7.24. The molecule has 0 unspecified atom stereocenters. The summed E-state index contributed by atoms with van der Waals surface area (Å²) < 4.78 is 6.41. The van der Waals surface area contributed by atoms with E-state index in [0.29, 0.717) is 18.0 Å². The zero-order valence-corrected chi connectivity index (χ0v) is 22.8. The summed E-state index contributed by atoms with van der Waals surface area (Å²) in [5, 5.41) is 18.4. The number of nitrogens with zero attached hydrogens (tertiary/aromatic N) is 2. The molecule has 3 N–H and O–H groups in total. The Bertz CT molecular complexity index is 1140. The summed E-state index contributed by atoms with van der Waals surface area (Å²) in [4.78, 5) is 18.7. The molecule has 2 aromatic carbocycles. The molecule has 1 saturated heterocycles. The first-order valence-electron chi connectivity index (χ1n) is 12.8. The van der Waals surface area contributed by atoms with Crippen molar-refractivity contribution in [3.8, 4) is 11.5 Å². The lowest BCUT2D eigenvalue weighted by molar-refractivity contribution is -0.118. The number of hydrogen-bond acceptors (Lipinski definition) is 7. The number of phenols is 1. The lowest BCUT2D eigenvalue weighted by Crippen LogP contribution is -2.51. The van der Waals surface area contributed by atoms with Crippen LogP contribution in [0.4, 0.5) is 5.69 Å². The van der Waals surface area contributed by atoms with Gasteiger partial charge >= 0.3 is 0 Å². The van der Waals surface area contributed by atoms with Gasteiger partial charge in [-0.2, -0.15) is 0 Å². The Kier molecular flexibility index (Phi) is 9.21. The summed E-state index contributed by atoms with van der Waals surface area (Å²) in [5.74, 6) is 0.918. The second-order valence-corrected chi connectivity index (χ2v) is 10.8. The lowest BCUT2D eigenvalue weighted by Gasteiger charge is -2.46. The maximum atomic E-state index is 13.1. The number of carbonyl (C=O) groups excluding carboxylic acids is 1. The Labute approximate surface area is 224 Å². The molecular formula is C29H38N4O3S. The highest BCUT2D eigenvalue weighted by Crippen LogP contribution is 2.38. The molecule has 1 atom stereocenters. The van der Waals surface area contributed by atoms with E-state index in [1.807, 2.05) is 49.5 Å². The third kappa shape index (κ3) is 6.70. The van der Waals surface area contributed by atoms with Crippen LogP contribution in [0.2, 0.25) is 0 Å². The number of piperidine rings is 1. The molecule has 4 rings (SSSR count). The van der Waals surface area contributed by atoms with Crippen LogP contribution >= 0.6 is 11.3 Å². The van der Waals surface area contributed by atoms with Gasteiger partial charge in [-0.1, -0.05) is 30.3 Å². The molecule has 198 valence electrons. The number of thiophene rings is 1. The van der Waals surface area contributed by atoms with Crippen LogP contribution in [0.5, 0.6) is 11.5 Å². The van der Waals surface area contributed by atoms with Crippen LogP contribution in [-0.4, -0.2) is 68.1 Å². The van der Waals surface area contributed by atoms with Gasteiger partial charge in [-0.05, 0) is 81.8 Å². The second-order valence-electron chi connectivity index (χ2n) is 9.81. The zero-order valence-electron chi connectivity index (χ0n) is 21.9. The minimum absolute atomic E-state index is 0.0475. The summed E-state index contributed by atoms with van der Waals surface area (Å²) in [6.45, 7) is 2.75. The topological polar surface area (TPSA) is 77.1 Å². The molecule has 3 aromatic rings. The molecule has 1 fully saturated rings. The van der Waals surface area contributed by atoms with Gasteiger partial charge in [-0.15, -0.1) is 11.3 Å². The molecule has 1 aromatic heterocycles. The summed E-state index contributed by atoms with van der Waals surface area (Å²) in [5.41, 5.74) is 1.65. The van der Waals surface area contributed by atoms with Crippen molar-refractivity contribution in [2.45, 2.75) is 30.9 Å². The smallest absolute Gasteiger partial charge is 0.238 e. The Balaban J connectivity index is 1.38. The Hall–Kier alpha value is -2.91. The van der Waals surface area contributed by atoms with Gasteiger partial charge < -0.3 is 20.5 Å². The van der Waals surface area contributed by atoms with E-state index in [1.165, 1.54) is 4.88 Å². The van der Waals surface area contributed by atoms with Crippen LogP contribution in [0, 0.1) is 0 Å². The molecule has 0 saturated carbocycles. The fourth-order valence-electron chi connectivity index (χ4n) is 5.10. The van der Waals surface area contributed by atoms with E-state index in [-0.39, 0.29) is 23.3 Å². The number of aromatic hydroxyl groups is 1. The number of rotatable bonds is 11. The normalized spacial score (nSPS) is 16.4. The van der Waals surface area contributed by atoms with Crippen molar-refractivity contribution in [2.24, 2.45) is 0 Å². The Morgan fingerprint density at radius 2 is 1.92 bits per heavy atom. The number of carbonyl (C=O) groups is 1. The molecule has 2 heterocycles. The SMILES string of the molecule is CNCC[C@@H](Oc1ccccc1NC(=O)CN1CCC(c2cccc(O)c2)(N(C)C)CC1)c1cccs1. The van der Waals surface area contributed by atoms with Crippen molar-refractivity contribution in [3.63, 3.8) is 0 Å². The van der Waals surface area contributed by atoms with Gasteiger partial charge in [0.1, 0.15) is 17.6 Å². The van der Waals surface area contributed by atoms with Crippen molar-refractivity contribution < 1.29 is 14.6 Å². The fourth-order valence-corrected chi connectivity index (χ4v) is 5.89. The van der Waals surface area contributed by atoms with Crippen molar-refractivity contribution >= 4 is 22.9 Å². The first kappa shape index (κ1) is 27.1. The van der Waals surface area contributed by atoms with E-state index in [9.17, 15) is 9.90 Å². The van der Waals surface area contributed by atoms with E-state index in [2.05, 4.69) is 52.0 Å². The lowest BCUT2D eigenvalue weighted by atomic mass is 9.79. The number of anilines is 1. The molecule has 0 spiro atoms. The predicted octanol–water partition coefficient (Wildman–Crippen LogP) is 4.67. The highest BCUT2D eigenvalue weighted by Gasteiger charge is 2.38. The van der Waals surface area contributed by atoms with Gasteiger partial charge in [0.25, 0.3) is 0 Å². The van der Waals surface area contributed by atoms with Crippen LogP contribution in [0.1, 0.15) is 35.8 Å². The number of amides is 1. The Morgan fingerprint density at radius 3 is 2.59 bits per heavy atom. The van der Waals surface area contributed by atoms with Gasteiger partial charge in [0.05, 0.1) is 12.2 Å². The fraction of sp³-hybridized carbons (Fsp3) is 0.414.